The third kappa shape index (κ3) is 2.65. The molecule has 1 fully saturated rings. The highest BCUT2D eigenvalue weighted by atomic mass is 32.1. The van der Waals surface area contributed by atoms with E-state index in [0.29, 0.717) is 17.6 Å². The molecule has 3 aromatic rings. The summed E-state index contributed by atoms with van der Waals surface area (Å²) in [6, 6.07) is 3.72. The second kappa shape index (κ2) is 5.96. The predicted octanol–water partition coefficient (Wildman–Crippen LogP) is 2.94. The van der Waals surface area contributed by atoms with Crippen LogP contribution in [0.5, 0.6) is 5.88 Å². The van der Waals surface area contributed by atoms with Gasteiger partial charge in [0.05, 0.1) is 7.11 Å². The lowest BCUT2D eigenvalue weighted by Gasteiger charge is -2.20. The maximum atomic E-state index is 5.52. The van der Waals surface area contributed by atoms with Gasteiger partial charge in [-0.25, -0.2) is 9.97 Å². The van der Waals surface area contributed by atoms with Gasteiger partial charge in [-0.3, -0.25) is 0 Å². The van der Waals surface area contributed by atoms with Crippen LogP contribution in [0, 0.1) is 0 Å². The molecule has 8 heteroatoms. The Morgan fingerprint density at radius 2 is 2.30 bits per heavy atom. The van der Waals surface area contributed by atoms with E-state index in [9.17, 15) is 0 Å². The van der Waals surface area contributed by atoms with Crippen molar-refractivity contribution in [2.45, 2.75) is 18.9 Å². The van der Waals surface area contributed by atoms with Crippen molar-refractivity contribution < 1.29 is 9.26 Å². The Morgan fingerprint density at radius 3 is 3.13 bits per heavy atom. The van der Waals surface area contributed by atoms with Crippen molar-refractivity contribution in [3.8, 4) is 17.3 Å². The number of hydrogen-bond acceptors (Lipinski definition) is 8. The fraction of sp³-hybridized carbons (Fsp3) is 0.333. The van der Waals surface area contributed by atoms with Crippen LogP contribution in [-0.4, -0.2) is 33.8 Å². The van der Waals surface area contributed by atoms with Crippen molar-refractivity contribution in [3.63, 3.8) is 0 Å². The average Bonchev–Trinajstić information content (AvgIpc) is 3.33. The van der Waals surface area contributed by atoms with Gasteiger partial charge in [0.15, 0.2) is 5.13 Å². The number of methoxy groups -OCH3 is 1. The minimum Gasteiger partial charge on any atom is -0.481 e. The highest BCUT2D eigenvalue weighted by Gasteiger charge is 2.32. The van der Waals surface area contributed by atoms with Crippen LogP contribution in [0.15, 0.2) is 34.4 Å². The number of thiazole rings is 1. The van der Waals surface area contributed by atoms with E-state index in [0.717, 1.165) is 30.1 Å². The molecular weight excluding hydrogens is 314 g/mol. The average molecular weight is 329 g/mol. The number of ether oxygens (including phenoxy) is 1. The quantitative estimate of drug-likeness (QED) is 0.728. The van der Waals surface area contributed by atoms with Crippen molar-refractivity contribution >= 4 is 16.5 Å². The molecule has 1 aliphatic rings. The van der Waals surface area contributed by atoms with Crippen molar-refractivity contribution in [3.05, 3.63) is 35.8 Å². The molecule has 0 radical (unpaired) electrons. The van der Waals surface area contributed by atoms with E-state index in [1.807, 2.05) is 17.6 Å². The monoisotopic (exact) mass is 329 g/mol. The largest absolute Gasteiger partial charge is 0.481 e. The topological polar surface area (TPSA) is 77.2 Å². The summed E-state index contributed by atoms with van der Waals surface area (Å²) in [6.45, 7) is 0.957. The molecule has 3 aromatic heterocycles. The number of nitrogens with zero attached hydrogens (tertiary/aromatic N) is 5. The Kier molecular flexibility index (Phi) is 3.66. The molecule has 4 rings (SSSR count). The van der Waals surface area contributed by atoms with E-state index in [1.54, 1.807) is 30.7 Å². The van der Waals surface area contributed by atoms with Gasteiger partial charge in [-0.05, 0) is 18.9 Å². The van der Waals surface area contributed by atoms with Gasteiger partial charge < -0.3 is 14.2 Å². The van der Waals surface area contributed by atoms with Gasteiger partial charge in [0.2, 0.25) is 17.6 Å². The normalized spacial score (nSPS) is 17.6. The predicted molar refractivity (Wildman–Crippen MR) is 85.5 cm³/mol. The fourth-order valence-corrected chi connectivity index (χ4v) is 3.48. The summed E-state index contributed by atoms with van der Waals surface area (Å²) >= 11 is 1.63. The number of rotatable bonds is 4. The highest BCUT2D eigenvalue weighted by molar-refractivity contribution is 7.13. The van der Waals surface area contributed by atoms with Crippen LogP contribution in [0.4, 0.5) is 5.13 Å². The molecule has 0 aromatic carbocycles. The van der Waals surface area contributed by atoms with Gasteiger partial charge in [0.25, 0.3) is 0 Å². The van der Waals surface area contributed by atoms with E-state index in [4.69, 9.17) is 9.26 Å². The van der Waals surface area contributed by atoms with E-state index < -0.39 is 0 Å². The molecule has 1 aliphatic heterocycles. The lowest BCUT2D eigenvalue weighted by molar-refractivity contribution is 0.355. The maximum absolute atomic E-state index is 5.52. The van der Waals surface area contributed by atoms with Crippen LogP contribution >= 0.6 is 11.3 Å². The van der Waals surface area contributed by atoms with Crippen LogP contribution < -0.4 is 9.64 Å². The first-order chi connectivity index (χ1) is 11.3. The molecule has 7 nitrogen and oxygen atoms in total. The summed E-state index contributed by atoms with van der Waals surface area (Å²) in [6.07, 6.45) is 5.56. The minimum absolute atomic E-state index is 0.0890. The molecule has 0 spiro atoms. The van der Waals surface area contributed by atoms with Gasteiger partial charge in [-0.15, -0.1) is 11.3 Å². The minimum atomic E-state index is 0.0890. The van der Waals surface area contributed by atoms with Crippen LogP contribution in [-0.2, 0) is 0 Å². The molecule has 118 valence electrons. The zero-order valence-electron chi connectivity index (χ0n) is 12.5. The van der Waals surface area contributed by atoms with Crippen molar-refractivity contribution in [2.24, 2.45) is 0 Å². The molecule has 4 heterocycles. The molecule has 1 saturated heterocycles. The van der Waals surface area contributed by atoms with Crippen molar-refractivity contribution in [2.75, 3.05) is 18.6 Å². The lowest BCUT2D eigenvalue weighted by Crippen LogP contribution is -2.22. The fourth-order valence-electron chi connectivity index (χ4n) is 2.76. The highest BCUT2D eigenvalue weighted by Crippen LogP contribution is 2.36. The second-order valence-electron chi connectivity index (χ2n) is 5.21. The SMILES string of the molecule is COc1cc(-c2noc(C3CCCN3c3nccs3)n2)ccn1. The number of aromatic nitrogens is 4. The van der Waals surface area contributed by atoms with Crippen molar-refractivity contribution in [1.82, 2.24) is 20.1 Å². The first-order valence-corrected chi connectivity index (χ1v) is 8.23. The van der Waals surface area contributed by atoms with Crippen LogP contribution in [0.25, 0.3) is 11.4 Å². The molecule has 0 amide bonds. The summed E-state index contributed by atoms with van der Waals surface area (Å²) in [4.78, 5) is 15.3. The summed E-state index contributed by atoms with van der Waals surface area (Å²) in [5.41, 5.74) is 0.825. The van der Waals surface area contributed by atoms with Gasteiger partial charge in [-0.1, -0.05) is 5.16 Å². The lowest BCUT2D eigenvalue weighted by atomic mass is 10.2. The van der Waals surface area contributed by atoms with E-state index in [-0.39, 0.29) is 6.04 Å². The zero-order valence-corrected chi connectivity index (χ0v) is 13.4. The first-order valence-electron chi connectivity index (χ1n) is 7.35. The summed E-state index contributed by atoms with van der Waals surface area (Å²) < 4.78 is 10.7. The Labute approximate surface area is 137 Å². The van der Waals surface area contributed by atoms with Gasteiger partial charge in [0, 0.05) is 35.9 Å². The second-order valence-corrected chi connectivity index (χ2v) is 6.08. The van der Waals surface area contributed by atoms with Crippen LogP contribution in [0.2, 0.25) is 0 Å². The zero-order chi connectivity index (χ0) is 15.6. The van der Waals surface area contributed by atoms with E-state index in [2.05, 4.69) is 25.0 Å². The Balaban J connectivity index is 1.62. The van der Waals surface area contributed by atoms with Gasteiger partial charge >= 0.3 is 0 Å². The van der Waals surface area contributed by atoms with Gasteiger partial charge in [0.1, 0.15) is 6.04 Å². The van der Waals surface area contributed by atoms with Gasteiger partial charge in [-0.2, -0.15) is 4.98 Å². The Hall–Kier alpha value is -2.48. The first kappa shape index (κ1) is 14.1. The third-order valence-electron chi connectivity index (χ3n) is 3.85. The summed E-state index contributed by atoms with van der Waals surface area (Å²) in [5.74, 6) is 1.70. The molecule has 0 saturated carbocycles. The molecular formula is C15H15N5O2S. The molecule has 0 aliphatic carbocycles. The van der Waals surface area contributed by atoms with Crippen LogP contribution in [0.1, 0.15) is 24.8 Å². The number of anilines is 1. The molecule has 1 unspecified atom stereocenters. The Morgan fingerprint density at radius 1 is 1.35 bits per heavy atom. The number of pyridine rings is 1. The maximum Gasteiger partial charge on any atom is 0.249 e. The van der Waals surface area contributed by atoms with E-state index in [1.165, 1.54) is 0 Å². The summed E-state index contributed by atoms with van der Waals surface area (Å²) in [5, 5.41) is 7.09. The molecule has 0 bridgehead atoms. The number of hydrogen-bond donors (Lipinski definition) is 0. The van der Waals surface area contributed by atoms with Crippen molar-refractivity contribution in [1.29, 1.82) is 0 Å². The Bertz CT molecular complexity index is 789. The van der Waals surface area contributed by atoms with E-state index >= 15 is 0 Å². The molecule has 0 N–H and O–H groups in total. The summed E-state index contributed by atoms with van der Waals surface area (Å²) in [7, 11) is 1.58. The molecule has 1 atom stereocenters. The smallest absolute Gasteiger partial charge is 0.249 e. The molecule has 23 heavy (non-hydrogen) atoms. The standard InChI is InChI=1S/C15H15N5O2S/c1-21-12-9-10(4-5-16-12)13-18-14(22-19-13)11-3-2-7-20(11)15-17-6-8-23-15/h4-6,8-9,11H,2-3,7H2,1H3. The third-order valence-corrected chi connectivity index (χ3v) is 4.66. The van der Waals surface area contributed by atoms with Crippen LogP contribution in [0.3, 0.4) is 0 Å².